The lowest BCUT2D eigenvalue weighted by atomic mass is 9.94. The molecule has 2 N–H and O–H groups in total. The second-order valence-corrected chi connectivity index (χ2v) is 8.77. The number of aryl methyl sites for hydroxylation is 1. The third-order valence-corrected chi connectivity index (χ3v) is 6.88. The van der Waals surface area contributed by atoms with Crippen LogP contribution in [0.2, 0.25) is 0 Å². The summed E-state index contributed by atoms with van der Waals surface area (Å²) in [5.41, 5.74) is 0.754. The second kappa shape index (κ2) is 9.22. The summed E-state index contributed by atoms with van der Waals surface area (Å²) in [6.45, 7) is 3.02. The van der Waals surface area contributed by atoms with Gasteiger partial charge in [-0.25, -0.2) is 4.98 Å². The van der Waals surface area contributed by atoms with Crippen LogP contribution in [0.15, 0.2) is 48.0 Å². The van der Waals surface area contributed by atoms with Crippen LogP contribution < -0.4 is 14.4 Å². The first-order valence-electron chi connectivity index (χ1n) is 10.5. The highest BCUT2D eigenvalue weighted by Gasteiger charge is 2.49. The van der Waals surface area contributed by atoms with E-state index in [1.54, 1.807) is 31.2 Å². The number of methoxy groups -OCH3 is 2. The van der Waals surface area contributed by atoms with Gasteiger partial charge in [0.1, 0.15) is 29.0 Å². The minimum Gasteiger partial charge on any atom is -0.508 e. The number of hydrogen-bond acceptors (Lipinski definition) is 9. The van der Waals surface area contributed by atoms with E-state index in [1.807, 2.05) is 0 Å². The van der Waals surface area contributed by atoms with Crippen LogP contribution in [-0.4, -0.2) is 46.9 Å². The van der Waals surface area contributed by atoms with Crippen molar-refractivity contribution in [2.75, 3.05) is 19.1 Å². The predicted molar refractivity (Wildman–Crippen MR) is 129 cm³/mol. The van der Waals surface area contributed by atoms with E-state index in [0.717, 1.165) is 16.2 Å². The molecule has 0 bridgehead atoms. The van der Waals surface area contributed by atoms with Gasteiger partial charge in [0, 0.05) is 18.1 Å². The van der Waals surface area contributed by atoms with Gasteiger partial charge in [-0.2, -0.15) is 0 Å². The van der Waals surface area contributed by atoms with Gasteiger partial charge in [0.15, 0.2) is 10.9 Å². The van der Waals surface area contributed by atoms with Crippen LogP contribution >= 0.6 is 11.3 Å². The predicted octanol–water partition coefficient (Wildman–Crippen LogP) is 4.00. The molecule has 1 atom stereocenters. The monoisotopic (exact) mass is 494 g/mol. The number of hydrogen-bond donors (Lipinski definition) is 2. The SMILES string of the molecule is COc1ccc(/C(O)=C2\C(=O)C(=O)N(c3nc(C)c(C(C)=O)s3)C2c2cc(O)ccc2OC)cc1. The van der Waals surface area contributed by atoms with Gasteiger partial charge in [-0.15, -0.1) is 0 Å². The van der Waals surface area contributed by atoms with Gasteiger partial charge >= 0.3 is 5.91 Å². The number of aromatic hydroxyl groups is 1. The van der Waals surface area contributed by atoms with Crippen molar-refractivity contribution in [3.63, 3.8) is 0 Å². The van der Waals surface area contributed by atoms with Crippen LogP contribution in [-0.2, 0) is 9.59 Å². The standard InChI is InChI=1S/C25H22N2O7S/c1-12-23(13(2)28)35-25(26-12)27-20(17-11-15(29)7-10-18(17)34-4)19(22(31)24(27)32)21(30)14-5-8-16(33-3)9-6-14/h5-11,20,29-30H,1-4H3/b21-19+. The number of Topliss-reactive ketones (excluding diaryl/α,β-unsaturated/α-hetero) is 2. The number of nitrogens with zero attached hydrogens (tertiary/aromatic N) is 2. The Morgan fingerprint density at radius 3 is 2.34 bits per heavy atom. The largest absolute Gasteiger partial charge is 0.508 e. The van der Waals surface area contributed by atoms with Gasteiger partial charge in [-0.05, 0) is 49.4 Å². The first-order valence-corrected chi connectivity index (χ1v) is 11.3. The van der Waals surface area contributed by atoms with E-state index in [9.17, 15) is 24.6 Å². The van der Waals surface area contributed by atoms with Crippen LogP contribution in [0.4, 0.5) is 5.13 Å². The fourth-order valence-corrected chi connectivity index (χ4v) is 4.96. The normalized spacial score (nSPS) is 17.0. The molecule has 10 heteroatoms. The lowest BCUT2D eigenvalue weighted by Crippen LogP contribution is -2.29. The molecule has 1 aromatic heterocycles. The van der Waals surface area contributed by atoms with Crippen LogP contribution in [0.3, 0.4) is 0 Å². The number of phenols is 1. The second-order valence-electron chi connectivity index (χ2n) is 7.79. The summed E-state index contributed by atoms with van der Waals surface area (Å²) in [4.78, 5) is 44.5. The Balaban J connectivity index is 1.99. The number of ether oxygens (including phenoxy) is 2. The van der Waals surface area contributed by atoms with Crippen molar-refractivity contribution in [3.8, 4) is 17.2 Å². The molecule has 1 fully saturated rings. The highest BCUT2D eigenvalue weighted by atomic mass is 32.1. The summed E-state index contributed by atoms with van der Waals surface area (Å²) in [5.74, 6) is -1.82. The number of carbonyl (C=O) groups is 3. The average Bonchev–Trinajstić information content (AvgIpc) is 3.35. The van der Waals surface area contributed by atoms with E-state index in [2.05, 4.69) is 4.98 Å². The lowest BCUT2D eigenvalue weighted by Gasteiger charge is -2.24. The maximum absolute atomic E-state index is 13.3. The number of amides is 1. The van der Waals surface area contributed by atoms with Crippen molar-refractivity contribution in [1.82, 2.24) is 4.98 Å². The molecule has 0 spiro atoms. The molecule has 9 nitrogen and oxygen atoms in total. The summed E-state index contributed by atoms with van der Waals surface area (Å²) in [6, 6.07) is 9.40. The molecule has 2 aromatic carbocycles. The van der Waals surface area contributed by atoms with Crippen LogP contribution in [0.25, 0.3) is 5.76 Å². The first kappa shape index (κ1) is 24.0. The molecular weight excluding hydrogens is 472 g/mol. The lowest BCUT2D eigenvalue weighted by molar-refractivity contribution is -0.132. The average molecular weight is 495 g/mol. The van der Waals surface area contributed by atoms with E-state index in [-0.39, 0.29) is 39.1 Å². The molecule has 0 radical (unpaired) electrons. The number of thiazole rings is 1. The van der Waals surface area contributed by atoms with E-state index >= 15 is 0 Å². The van der Waals surface area contributed by atoms with E-state index in [1.165, 1.54) is 39.3 Å². The Morgan fingerprint density at radius 2 is 1.77 bits per heavy atom. The van der Waals surface area contributed by atoms with E-state index in [0.29, 0.717) is 16.3 Å². The number of ketones is 2. The number of benzene rings is 2. The maximum atomic E-state index is 13.3. The molecule has 2 heterocycles. The van der Waals surface area contributed by atoms with Crippen molar-refractivity contribution in [1.29, 1.82) is 0 Å². The Kier molecular flexibility index (Phi) is 6.31. The van der Waals surface area contributed by atoms with E-state index < -0.39 is 23.5 Å². The highest BCUT2D eigenvalue weighted by molar-refractivity contribution is 7.18. The Morgan fingerprint density at radius 1 is 1.09 bits per heavy atom. The van der Waals surface area contributed by atoms with Gasteiger partial charge in [0.05, 0.1) is 30.4 Å². The zero-order valence-corrected chi connectivity index (χ0v) is 20.2. The number of aliphatic hydroxyl groups is 1. The molecule has 1 aliphatic rings. The summed E-state index contributed by atoms with van der Waals surface area (Å²) in [7, 11) is 2.91. The third kappa shape index (κ3) is 4.12. The van der Waals surface area contributed by atoms with Gasteiger partial charge in [0.2, 0.25) is 0 Å². The van der Waals surface area contributed by atoms with E-state index in [4.69, 9.17) is 9.47 Å². The third-order valence-electron chi connectivity index (χ3n) is 5.63. The summed E-state index contributed by atoms with van der Waals surface area (Å²) in [6.07, 6.45) is 0. The molecule has 0 saturated carbocycles. The molecule has 1 unspecified atom stereocenters. The molecule has 0 aliphatic carbocycles. The number of phenolic OH excluding ortho intramolecular Hbond substituents is 1. The Labute approximate surface area is 204 Å². The van der Waals surface area contributed by atoms with Gasteiger partial charge < -0.3 is 19.7 Å². The smallest absolute Gasteiger partial charge is 0.301 e. The fourth-order valence-electron chi connectivity index (χ4n) is 3.98. The number of rotatable bonds is 6. The molecule has 35 heavy (non-hydrogen) atoms. The maximum Gasteiger partial charge on any atom is 0.301 e. The van der Waals surface area contributed by atoms with Crippen LogP contribution in [0.5, 0.6) is 17.2 Å². The Bertz CT molecular complexity index is 1370. The summed E-state index contributed by atoms with van der Waals surface area (Å²) >= 11 is 0.969. The minimum atomic E-state index is -1.18. The Hall–Kier alpha value is -4.18. The number of carbonyl (C=O) groups excluding carboxylic acids is 3. The molecule has 180 valence electrons. The van der Waals surface area contributed by atoms with Crippen molar-refractivity contribution in [2.45, 2.75) is 19.9 Å². The van der Waals surface area contributed by atoms with Crippen molar-refractivity contribution < 1.29 is 34.1 Å². The quantitative estimate of drug-likeness (QED) is 0.228. The van der Waals surface area contributed by atoms with Crippen LogP contribution in [0.1, 0.15) is 39.5 Å². The summed E-state index contributed by atoms with van der Waals surface area (Å²) < 4.78 is 10.6. The number of aliphatic hydroxyl groups excluding tert-OH is 1. The van der Waals surface area contributed by atoms with Gasteiger partial charge in [-0.3, -0.25) is 19.3 Å². The summed E-state index contributed by atoms with van der Waals surface area (Å²) in [5, 5.41) is 21.5. The number of aromatic nitrogens is 1. The van der Waals surface area contributed by atoms with Crippen molar-refractivity contribution in [2.24, 2.45) is 0 Å². The zero-order chi connectivity index (χ0) is 25.4. The molecule has 1 amide bonds. The molecule has 1 saturated heterocycles. The van der Waals surface area contributed by atoms with Crippen LogP contribution in [0, 0.1) is 6.92 Å². The van der Waals surface area contributed by atoms with Gasteiger partial charge in [0.25, 0.3) is 5.78 Å². The highest BCUT2D eigenvalue weighted by Crippen LogP contribution is 2.47. The molecule has 3 aromatic rings. The van der Waals surface area contributed by atoms with Crippen molar-refractivity contribution >= 4 is 39.7 Å². The van der Waals surface area contributed by atoms with Gasteiger partial charge in [-0.1, -0.05) is 11.3 Å². The number of anilines is 1. The molecule has 4 rings (SSSR count). The fraction of sp³-hybridized carbons (Fsp3) is 0.200. The first-order chi connectivity index (χ1) is 16.7. The molecular formula is C25H22N2O7S. The topological polar surface area (TPSA) is 126 Å². The molecule has 1 aliphatic heterocycles. The zero-order valence-electron chi connectivity index (χ0n) is 19.4. The minimum absolute atomic E-state index is 0.110. The van der Waals surface area contributed by atoms with Crippen molar-refractivity contribution in [3.05, 3.63) is 69.7 Å².